The SMILES string of the molecule is O=C(NCC1(Sc2ccccc2)CC1)c1c(O)cc(F)cc1F. The van der Waals surface area contributed by atoms with Gasteiger partial charge in [-0.05, 0) is 25.0 Å². The van der Waals surface area contributed by atoms with Crippen LogP contribution in [0.4, 0.5) is 8.78 Å². The van der Waals surface area contributed by atoms with E-state index < -0.39 is 28.9 Å². The molecule has 1 aliphatic rings. The minimum Gasteiger partial charge on any atom is -0.507 e. The highest BCUT2D eigenvalue weighted by atomic mass is 32.2. The summed E-state index contributed by atoms with van der Waals surface area (Å²) in [6.07, 6.45) is 1.90. The summed E-state index contributed by atoms with van der Waals surface area (Å²) < 4.78 is 26.5. The average Bonchev–Trinajstić information content (AvgIpc) is 3.25. The van der Waals surface area contributed by atoms with Gasteiger partial charge in [-0.1, -0.05) is 18.2 Å². The summed E-state index contributed by atoms with van der Waals surface area (Å²) >= 11 is 1.67. The second kappa shape index (κ2) is 6.20. The molecule has 0 heterocycles. The number of phenolic OH excluding ortho intramolecular Hbond substituents is 1. The zero-order valence-electron chi connectivity index (χ0n) is 12.2. The molecular formula is C17H15F2NO2S. The summed E-state index contributed by atoms with van der Waals surface area (Å²) in [5, 5.41) is 12.2. The lowest BCUT2D eigenvalue weighted by atomic mass is 10.1. The first kappa shape index (κ1) is 15.8. The first-order valence-corrected chi connectivity index (χ1v) is 8.01. The highest BCUT2D eigenvalue weighted by Crippen LogP contribution is 2.51. The van der Waals surface area contributed by atoms with Gasteiger partial charge in [-0.25, -0.2) is 8.78 Å². The molecule has 2 aromatic rings. The Morgan fingerprint density at radius 3 is 2.52 bits per heavy atom. The maximum Gasteiger partial charge on any atom is 0.258 e. The maximum atomic E-state index is 13.7. The fourth-order valence-electron chi connectivity index (χ4n) is 2.31. The number of aromatic hydroxyl groups is 1. The fourth-order valence-corrected chi connectivity index (χ4v) is 3.55. The third-order valence-electron chi connectivity index (χ3n) is 3.72. The van der Waals surface area contributed by atoms with Crippen LogP contribution >= 0.6 is 11.8 Å². The zero-order chi connectivity index (χ0) is 16.4. The summed E-state index contributed by atoms with van der Waals surface area (Å²) in [5.74, 6) is -3.42. The quantitative estimate of drug-likeness (QED) is 0.875. The van der Waals surface area contributed by atoms with Crippen molar-refractivity contribution in [1.29, 1.82) is 0 Å². The van der Waals surface area contributed by atoms with Gasteiger partial charge in [-0.2, -0.15) is 0 Å². The minimum absolute atomic E-state index is 0.0941. The lowest BCUT2D eigenvalue weighted by Crippen LogP contribution is -2.32. The van der Waals surface area contributed by atoms with Crippen molar-refractivity contribution < 1.29 is 18.7 Å². The van der Waals surface area contributed by atoms with E-state index in [2.05, 4.69) is 5.32 Å². The first-order valence-electron chi connectivity index (χ1n) is 7.19. The number of hydrogen-bond acceptors (Lipinski definition) is 3. The number of nitrogens with one attached hydrogen (secondary N) is 1. The number of rotatable bonds is 5. The van der Waals surface area contributed by atoms with Crippen molar-refractivity contribution in [3.63, 3.8) is 0 Å². The predicted molar refractivity (Wildman–Crippen MR) is 84.6 cm³/mol. The molecule has 0 aliphatic heterocycles. The van der Waals surface area contributed by atoms with E-state index in [9.17, 15) is 18.7 Å². The number of benzene rings is 2. The van der Waals surface area contributed by atoms with Crippen LogP contribution in [0.3, 0.4) is 0 Å². The molecule has 1 amide bonds. The van der Waals surface area contributed by atoms with Crippen molar-refractivity contribution in [2.45, 2.75) is 22.5 Å². The lowest BCUT2D eigenvalue weighted by molar-refractivity contribution is 0.0946. The molecule has 2 aromatic carbocycles. The summed E-state index contributed by atoms with van der Waals surface area (Å²) in [5.41, 5.74) is -0.521. The highest BCUT2D eigenvalue weighted by Gasteiger charge is 2.44. The van der Waals surface area contributed by atoms with Gasteiger partial charge in [-0.15, -0.1) is 11.8 Å². The van der Waals surface area contributed by atoms with Gasteiger partial charge in [0.2, 0.25) is 0 Å². The van der Waals surface area contributed by atoms with Crippen LogP contribution in [0.5, 0.6) is 5.75 Å². The Kier molecular flexibility index (Phi) is 4.26. The Labute approximate surface area is 136 Å². The van der Waals surface area contributed by atoms with Crippen molar-refractivity contribution in [2.24, 2.45) is 0 Å². The van der Waals surface area contributed by atoms with Crippen LogP contribution in [0.15, 0.2) is 47.4 Å². The van der Waals surface area contributed by atoms with Crippen LogP contribution < -0.4 is 5.32 Å². The first-order chi connectivity index (χ1) is 11.0. The Bertz CT molecular complexity index is 710. The van der Waals surface area contributed by atoms with Crippen LogP contribution in [0, 0.1) is 11.6 Å². The van der Waals surface area contributed by atoms with E-state index in [1.807, 2.05) is 30.3 Å². The molecule has 0 unspecified atom stereocenters. The van der Waals surface area contributed by atoms with Gasteiger partial charge in [0, 0.05) is 28.3 Å². The smallest absolute Gasteiger partial charge is 0.258 e. The molecule has 0 atom stereocenters. The van der Waals surface area contributed by atoms with E-state index in [0.29, 0.717) is 12.6 Å². The minimum atomic E-state index is -1.07. The van der Waals surface area contributed by atoms with Gasteiger partial charge >= 0.3 is 0 Å². The third-order valence-corrected chi connectivity index (χ3v) is 5.21. The van der Waals surface area contributed by atoms with Gasteiger partial charge in [-0.3, -0.25) is 4.79 Å². The van der Waals surface area contributed by atoms with Crippen LogP contribution in [-0.4, -0.2) is 22.3 Å². The largest absolute Gasteiger partial charge is 0.507 e. The zero-order valence-corrected chi connectivity index (χ0v) is 13.0. The lowest BCUT2D eigenvalue weighted by Gasteiger charge is -2.16. The van der Waals surface area contributed by atoms with Gasteiger partial charge in [0.25, 0.3) is 5.91 Å². The van der Waals surface area contributed by atoms with Crippen molar-refractivity contribution in [2.75, 3.05) is 6.54 Å². The molecule has 3 rings (SSSR count). The van der Waals surface area contributed by atoms with Crippen molar-refractivity contribution in [3.05, 3.63) is 59.7 Å². The second-order valence-electron chi connectivity index (χ2n) is 5.56. The van der Waals surface area contributed by atoms with Crippen molar-refractivity contribution in [3.8, 4) is 5.75 Å². The van der Waals surface area contributed by atoms with Gasteiger partial charge in [0.15, 0.2) is 0 Å². The average molecular weight is 335 g/mol. The fraction of sp³-hybridized carbons (Fsp3) is 0.235. The topological polar surface area (TPSA) is 49.3 Å². The molecule has 0 bridgehead atoms. The highest BCUT2D eigenvalue weighted by molar-refractivity contribution is 8.01. The monoisotopic (exact) mass is 335 g/mol. The summed E-state index contributed by atoms with van der Waals surface area (Å²) in [4.78, 5) is 13.2. The Morgan fingerprint density at radius 1 is 1.22 bits per heavy atom. The molecular weight excluding hydrogens is 320 g/mol. The summed E-state index contributed by atoms with van der Waals surface area (Å²) in [7, 11) is 0. The van der Waals surface area contributed by atoms with Crippen LogP contribution in [-0.2, 0) is 0 Å². The molecule has 6 heteroatoms. The van der Waals surface area contributed by atoms with E-state index >= 15 is 0 Å². The molecule has 120 valence electrons. The Morgan fingerprint density at radius 2 is 1.91 bits per heavy atom. The molecule has 1 aliphatic carbocycles. The molecule has 2 N–H and O–H groups in total. The molecule has 1 saturated carbocycles. The van der Waals surface area contributed by atoms with Gasteiger partial charge < -0.3 is 10.4 Å². The van der Waals surface area contributed by atoms with Gasteiger partial charge in [0.05, 0.1) is 0 Å². The summed E-state index contributed by atoms with van der Waals surface area (Å²) in [6, 6.07) is 11.1. The number of hydrogen-bond donors (Lipinski definition) is 2. The van der Waals surface area contributed by atoms with E-state index in [1.165, 1.54) is 0 Å². The van der Waals surface area contributed by atoms with Crippen molar-refractivity contribution >= 4 is 17.7 Å². The van der Waals surface area contributed by atoms with Crippen molar-refractivity contribution in [1.82, 2.24) is 5.32 Å². The molecule has 3 nitrogen and oxygen atoms in total. The molecule has 0 saturated heterocycles. The van der Waals surface area contributed by atoms with Gasteiger partial charge in [0.1, 0.15) is 22.9 Å². The normalized spacial score (nSPS) is 15.2. The molecule has 1 fully saturated rings. The molecule has 0 spiro atoms. The van der Waals surface area contributed by atoms with Crippen LogP contribution in [0.25, 0.3) is 0 Å². The predicted octanol–water partition coefficient (Wildman–Crippen LogP) is 3.73. The standard InChI is InChI=1S/C17H15F2NO2S/c18-11-8-13(19)15(14(21)9-11)16(22)20-10-17(6-7-17)23-12-4-2-1-3-5-12/h1-5,8-9,21H,6-7,10H2,(H,20,22). The van der Waals surface area contributed by atoms with E-state index in [-0.39, 0.29) is 4.75 Å². The molecule has 0 radical (unpaired) electrons. The second-order valence-corrected chi connectivity index (χ2v) is 7.10. The van der Waals surface area contributed by atoms with E-state index in [1.54, 1.807) is 11.8 Å². The number of thioether (sulfide) groups is 1. The summed E-state index contributed by atoms with van der Waals surface area (Å²) in [6.45, 7) is 0.363. The Hall–Kier alpha value is -2.08. The molecule has 0 aromatic heterocycles. The van der Waals surface area contributed by atoms with E-state index in [0.717, 1.165) is 23.8 Å². The van der Waals surface area contributed by atoms with Crippen LogP contribution in [0.2, 0.25) is 0 Å². The van der Waals surface area contributed by atoms with E-state index in [4.69, 9.17) is 0 Å². The number of halogens is 2. The third kappa shape index (κ3) is 3.64. The number of carbonyl (C=O) groups is 1. The maximum absolute atomic E-state index is 13.7. The number of amides is 1. The molecule has 23 heavy (non-hydrogen) atoms. The Balaban J connectivity index is 1.66. The van der Waals surface area contributed by atoms with Crippen LogP contribution in [0.1, 0.15) is 23.2 Å². The number of carbonyl (C=O) groups excluding carboxylic acids is 1. The number of phenols is 1.